The van der Waals surface area contributed by atoms with Crippen LogP contribution >= 0.6 is 0 Å². The lowest BCUT2D eigenvalue weighted by atomic mass is 9.80. The van der Waals surface area contributed by atoms with Crippen molar-refractivity contribution in [2.24, 2.45) is 5.92 Å². The van der Waals surface area contributed by atoms with Crippen molar-refractivity contribution in [3.05, 3.63) is 114 Å². The van der Waals surface area contributed by atoms with E-state index < -0.39 is 8.07 Å². The average Bonchev–Trinajstić information content (AvgIpc) is 3.43. The lowest BCUT2D eigenvalue weighted by molar-refractivity contribution is 0.477. The summed E-state index contributed by atoms with van der Waals surface area (Å²) in [6.45, 7) is 25.4. The Balaban J connectivity index is 1.58. The predicted molar refractivity (Wildman–Crippen MR) is 216 cm³/mol. The van der Waals surface area contributed by atoms with Crippen LogP contribution in [0.4, 0.5) is 0 Å². The van der Waals surface area contributed by atoms with Gasteiger partial charge in [-0.3, -0.25) is 9.55 Å². The average molecular weight is 680 g/mol. The van der Waals surface area contributed by atoms with Crippen LogP contribution in [-0.2, 0) is 17.3 Å². The number of hydrogen-bond donors (Lipinski definition) is 1. The molecule has 0 saturated carbocycles. The standard InChI is InChI=1S/C45H53N3OSi/c1-29(2)22-32-24-38(46-28-41(32)50(9,10)11)31-17-14-16-30(23-31)36-19-15-20-39-42(36)47-43(37-18-12-13-21-40(37)49)48(39)35-26-33(44(3,4)5)25-34(27-35)45(6,7)8/h12-21,23-29,49H,22H2,1-11H3. The number of para-hydroxylation sites is 2. The van der Waals surface area contributed by atoms with Crippen LogP contribution in [0.5, 0.6) is 5.75 Å². The Morgan fingerprint density at radius 3 is 1.96 bits per heavy atom. The van der Waals surface area contributed by atoms with Crippen molar-refractivity contribution < 1.29 is 5.11 Å². The molecule has 0 radical (unpaired) electrons. The molecule has 2 heterocycles. The maximum atomic E-state index is 11.2. The molecule has 4 nitrogen and oxygen atoms in total. The van der Waals surface area contributed by atoms with E-state index in [-0.39, 0.29) is 16.6 Å². The molecule has 6 rings (SSSR count). The zero-order chi connectivity index (χ0) is 36.2. The zero-order valence-corrected chi connectivity index (χ0v) is 32.8. The first kappa shape index (κ1) is 35.3. The van der Waals surface area contributed by atoms with Crippen molar-refractivity contribution in [1.82, 2.24) is 14.5 Å². The summed E-state index contributed by atoms with van der Waals surface area (Å²) in [4.78, 5) is 10.4. The van der Waals surface area contributed by atoms with Gasteiger partial charge in [-0.25, -0.2) is 4.98 Å². The second-order valence-electron chi connectivity index (χ2n) is 17.4. The van der Waals surface area contributed by atoms with E-state index in [4.69, 9.17) is 9.97 Å². The van der Waals surface area contributed by atoms with Gasteiger partial charge in [0, 0.05) is 23.0 Å². The number of phenols is 1. The monoisotopic (exact) mass is 679 g/mol. The quantitative estimate of drug-likeness (QED) is 0.171. The Kier molecular flexibility index (Phi) is 9.19. The Hall–Kier alpha value is -4.48. The molecule has 0 fully saturated rings. The van der Waals surface area contributed by atoms with Crippen LogP contribution in [0.3, 0.4) is 0 Å². The summed E-state index contributed by atoms with van der Waals surface area (Å²) in [5.41, 5.74) is 11.7. The molecule has 0 aliphatic carbocycles. The van der Waals surface area contributed by atoms with Gasteiger partial charge in [0.15, 0.2) is 0 Å². The topological polar surface area (TPSA) is 50.9 Å². The number of fused-ring (bicyclic) bond motifs is 1. The van der Waals surface area contributed by atoms with Gasteiger partial charge in [0.1, 0.15) is 11.6 Å². The number of aromatic hydroxyl groups is 1. The third-order valence-electron chi connectivity index (χ3n) is 9.63. The van der Waals surface area contributed by atoms with Crippen LogP contribution < -0.4 is 5.19 Å². The third kappa shape index (κ3) is 7.07. The number of aromatic nitrogens is 3. The summed E-state index contributed by atoms with van der Waals surface area (Å²) in [6.07, 6.45) is 3.19. The SMILES string of the molecule is CC(C)Cc1cc(-c2cccc(-c3cccc4c3nc(-c3ccccc3O)n4-c3cc(C(C)(C)C)cc(C(C)(C)C)c3)c2)ncc1[Si](C)(C)C. The van der Waals surface area contributed by atoms with Gasteiger partial charge in [-0.1, -0.05) is 124 Å². The summed E-state index contributed by atoms with van der Waals surface area (Å²) in [6, 6.07) is 31.9. The number of hydrogen-bond acceptors (Lipinski definition) is 3. The molecule has 5 heteroatoms. The van der Waals surface area contributed by atoms with E-state index in [0.29, 0.717) is 11.5 Å². The second-order valence-corrected chi connectivity index (χ2v) is 22.4. The Morgan fingerprint density at radius 1 is 0.720 bits per heavy atom. The van der Waals surface area contributed by atoms with Gasteiger partial charge in [-0.15, -0.1) is 0 Å². The molecule has 258 valence electrons. The van der Waals surface area contributed by atoms with Gasteiger partial charge in [-0.2, -0.15) is 0 Å². The molecule has 0 atom stereocenters. The minimum Gasteiger partial charge on any atom is -0.507 e. The number of benzene rings is 4. The summed E-state index contributed by atoms with van der Waals surface area (Å²) in [5.74, 6) is 1.50. The molecule has 0 saturated heterocycles. The number of rotatable bonds is 7. The molecule has 0 amide bonds. The molecule has 0 aliphatic heterocycles. The minimum atomic E-state index is -1.55. The lowest BCUT2D eigenvalue weighted by Gasteiger charge is -2.27. The van der Waals surface area contributed by atoms with E-state index in [9.17, 15) is 5.11 Å². The van der Waals surface area contributed by atoms with E-state index in [1.165, 1.54) is 21.9 Å². The molecule has 4 aromatic carbocycles. The molecule has 0 aliphatic rings. The fourth-order valence-electron chi connectivity index (χ4n) is 6.83. The first-order valence-electron chi connectivity index (χ1n) is 18.0. The fraction of sp³-hybridized carbons (Fsp3) is 0.333. The highest BCUT2D eigenvalue weighted by atomic mass is 28.3. The van der Waals surface area contributed by atoms with Crippen LogP contribution in [0.1, 0.15) is 72.1 Å². The molecule has 50 heavy (non-hydrogen) atoms. The fourth-order valence-corrected chi connectivity index (χ4v) is 8.42. The van der Waals surface area contributed by atoms with Crippen LogP contribution in [0.15, 0.2) is 97.2 Å². The normalized spacial score (nSPS) is 12.6. The second kappa shape index (κ2) is 13.0. The molecular formula is C45H53N3OSi. The van der Waals surface area contributed by atoms with E-state index in [0.717, 1.165) is 51.4 Å². The van der Waals surface area contributed by atoms with E-state index in [1.807, 2.05) is 18.2 Å². The highest BCUT2D eigenvalue weighted by Crippen LogP contribution is 2.40. The highest BCUT2D eigenvalue weighted by Gasteiger charge is 2.25. The number of phenolic OH excluding ortho intramolecular Hbond substituents is 1. The maximum absolute atomic E-state index is 11.2. The Bertz CT molecular complexity index is 2160. The Morgan fingerprint density at radius 2 is 1.34 bits per heavy atom. The zero-order valence-electron chi connectivity index (χ0n) is 31.8. The number of imidazole rings is 1. The predicted octanol–water partition coefficient (Wildman–Crippen LogP) is 11.5. The van der Waals surface area contributed by atoms with Gasteiger partial charge >= 0.3 is 0 Å². The summed E-state index contributed by atoms with van der Waals surface area (Å²) in [5, 5.41) is 12.6. The smallest absolute Gasteiger partial charge is 0.149 e. The van der Waals surface area contributed by atoms with Gasteiger partial charge in [-0.05, 0) is 93.1 Å². The van der Waals surface area contributed by atoms with Gasteiger partial charge in [0.2, 0.25) is 0 Å². The molecular weight excluding hydrogens is 627 g/mol. The number of nitrogens with zero attached hydrogens (tertiary/aromatic N) is 3. The van der Waals surface area contributed by atoms with Crippen molar-refractivity contribution in [2.45, 2.75) is 92.3 Å². The van der Waals surface area contributed by atoms with Gasteiger partial charge in [0.05, 0.1) is 30.4 Å². The molecule has 0 spiro atoms. The Labute approximate surface area is 300 Å². The van der Waals surface area contributed by atoms with Crippen LogP contribution in [-0.4, -0.2) is 27.7 Å². The molecule has 0 bridgehead atoms. The number of pyridine rings is 1. The van der Waals surface area contributed by atoms with Gasteiger partial charge in [0.25, 0.3) is 0 Å². The summed E-state index contributed by atoms with van der Waals surface area (Å²) < 4.78 is 2.23. The van der Waals surface area contributed by atoms with Gasteiger partial charge < -0.3 is 5.11 Å². The molecule has 1 N–H and O–H groups in total. The van der Waals surface area contributed by atoms with Crippen LogP contribution in [0, 0.1) is 5.92 Å². The minimum absolute atomic E-state index is 0.0522. The molecule has 6 aromatic rings. The van der Waals surface area contributed by atoms with E-state index in [2.05, 4.69) is 153 Å². The van der Waals surface area contributed by atoms with E-state index >= 15 is 0 Å². The first-order chi connectivity index (χ1) is 23.4. The molecule has 2 aromatic heterocycles. The van der Waals surface area contributed by atoms with Crippen molar-refractivity contribution in [3.63, 3.8) is 0 Å². The molecule has 0 unspecified atom stereocenters. The maximum Gasteiger partial charge on any atom is 0.149 e. The lowest BCUT2D eigenvalue weighted by Crippen LogP contribution is -2.40. The van der Waals surface area contributed by atoms with Crippen molar-refractivity contribution in [2.75, 3.05) is 0 Å². The van der Waals surface area contributed by atoms with Crippen LogP contribution in [0.25, 0.3) is 50.5 Å². The van der Waals surface area contributed by atoms with Crippen LogP contribution in [0.2, 0.25) is 19.6 Å². The van der Waals surface area contributed by atoms with Crippen molar-refractivity contribution in [1.29, 1.82) is 0 Å². The third-order valence-corrected chi connectivity index (χ3v) is 11.7. The van der Waals surface area contributed by atoms with E-state index in [1.54, 1.807) is 6.07 Å². The first-order valence-corrected chi connectivity index (χ1v) is 21.5. The largest absolute Gasteiger partial charge is 0.507 e. The van der Waals surface area contributed by atoms with Crippen molar-refractivity contribution >= 4 is 24.3 Å². The van der Waals surface area contributed by atoms with Crippen molar-refractivity contribution in [3.8, 4) is 45.2 Å². The highest BCUT2D eigenvalue weighted by molar-refractivity contribution is 6.89. The summed E-state index contributed by atoms with van der Waals surface area (Å²) in [7, 11) is -1.55. The summed E-state index contributed by atoms with van der Waals surface area (Å²) >= 11 is 0.